The van der Waals surface area contributed by atoms with E-state index in [0.717, 1.165) is 30.1 Å². The van der Waals surface area contributed by atoms with E-state index in [1.807, 2.05) is 7.05 Å². The van der Waals surface area contributed by atoms with Gasteiger partial charge in [-0.15, -0.1) is 5.10 Å². The maximum Gasteiger partial charge on any atom is 0.209 e. The Labute approximate surface area is 104 Å². The number of hydrogen-bond acceptors (Lipinski definition) is 6. The molecule has 94 valence electrons. The van der Waals surface area contributed by atoms with Crippen LogP contribution in [0.5, 0.6) is 0 Å². The number of rotatable bonds is 2. The standard InChI is InChI=1S/C10H17N5OS/c1-15-10(11-13-14-15)17-9-7-5-3-2-4-6-8(9)12-16/h9,16H,2-7H2,1H3/b12-8+/t9-/m0/s1. The highest BCUT2D eigenvalue weighted by molar-refractivity contribution is 8.00. The fourth-order valence-corrected chi connectivity index (χ4v) is 3.12. The van der Waals surface area contributed by atoms with Crippen molar-refractivity contribution in [2.24, 2.45) is 12.2 Å². The molecule has 6 nitrogen and oxygen atoms in total. The first kappa shape index (κ1) is 12.3. The summed E-state index contributed by atoms with van der Waals surface area (Å²) in [5.41, 5.74) is 0.873. The maximum atomic E-state index is 9.09. The van der Waals surface area contributed by atoms with E-state index in [9.17, 15) is 0 Å². The number of tetrazole rings is 1. The van der Waals surface area contributed by atoms with Gasteiger partial charge < -0.3 is 5.21 Å². The van der Waals surface area contributed by atoms with Crippen LogP contribution in [-0.4, -0.2) is 36.4 Å². The number of aryl methyl sites for hydroxylation is 1. The highest BCUT2D eigenvalue weighted by Crippen LogP contribution is 2.29. The van der Waals surface area contributed by atoms with Crippen molar-refractivity contribution in [3.05, 3.63) is 0 Å². The highest BCUT2D eigenvalue weighted by Gasteiger charge is 2.22. The first-order chi connectivity index (χ1) is 8.31. The predicted molar refractivity (Wildman–Crippen MR) is 65.4 cm³/mol. The molecule has 0 amide bonds. The van der Waals surface area contributed by atoms with Crippen LogP contribution in [-0.2, 0) is 7.05 Å². The highest BCUT2D eigenvalue weighted by atomic mass is 32.2. The van der Waals surface area contributed by atoms with Crippen molar-refractivity contribution in [1.82, 2.24) is 20.2 Å². The second-order valence-corrected chi connectivity index (χ2v) is 5.41. The second kappa shape index (κ2) is 6.00. The molecule has 7 heteroatoms. The topological polar surface area (TPSA) is 76.2 Å². The summed E-state index contributed by atoms with van der Waals surface area (Å²) in [5.74, 6) is 0. The molecule has 0 bridgehead atoms. The largest absolute Gasteiger partial charge is 0.411 e. The summed E-state index contributed by atoms with van der Waals surface area (Å²) in [6, 6.07) is 0. The van der Waals surface area contributed by atoms with Crippen LogP contribution in [0.1, 0.15) is 38.5 Å². The molecule has 1 aliphatic rings. The number of oxime groups is 1. The summed E-state index contributed by atoms with van der Waals surface area (Å²) >= 11 is 1.59. The second-order valence-electron chi connectivity index (χ2n) is 4.24. The molecule has 1 heterocycles. The molecule has 0 saturated heterocycles. The lowest BCUT2D eigenvalue weighted by Crippen LogP contribution is -2.20. The molecule has 0 unspecified atom stereocenters. The van der Waals surface area contributed by atoms with Gasteiger partial charge in [0, 0.05) is 7.05 Å². The number of thioether (sulfide) groups is 1. The van der Waals surface area contributed by atoms with Gasteiger partial charge >= 0.3 is 0 Å². The van der Waals surface area contributed by atoms with Gasteiger partial charge in [-0.05, 0) is 29.7 Å². The normalized spacial score (nSPS) is 24.5. The van der Waals surface area contributed by atoms with Crippen molar-refractivity contribution in [3.63, 3.8) is 0 Å². The van der Waals surface area contributed by atoms with E-state index in [1.54, 1.807) is 16.4 Å². The predicted octanol–water partition coefficient (Wildman–Crippen LogP) is 1.86. The summed E-state index contributed by atoms with van der Waals surface area (Å²) in [5, 5.41) is 24.9. The molecule has 0 radical (unpaired) electrons. The van der Waals surface area contributed by atoms with E-state index in [1.165, 1.54) is 19.3 Å². The molecule has 1 aliphatic carbocycles. The number of aromatic nitrogens is 4. The van der Waals surface area contributed by atoms with Gasteiger partial charge in [-0.2, -0.15) is 0 Å². The molecule has 1 atom stereocenters. The summed E-state index contributed by atoms with van der Waals surface area (Å²) < 4.78 is 1.65. The van der Waals surface area contributed by atoms with Crippen molar-refractivity contribution in [3.8, 4) is 0 Å². The summed E-state index contributed by atoms with van der Waals surface area (Å²) in [6.07, 6.45) is 6.65. The van der Waals surface area contributed by atoms with Gasteiger partial charge in [-0.3, -0.25) is 0 Å². The zero-order valence-electron chi connectivity index (χ0n) is 9.91. The average molecular weight is 255 g/mol. The minimum Gasteiger partial charge on any atom is -0.411 e. The van der Waals surface area contributed by atoms with Gasteiger partial charge in [0.05, 0.1) is 11.0 Å². The van der Waals surface area contributed by atoms with Crippen LogP contribution in [0, 0.1) is 0 Å². The van der Waals surface area contributed by atoms with Crippen molar-refractivity contribution in [2.45, 2.75) is 48.9 Å². The lowest BCUT2D eigenvalue weighted by Gasteiger charge is -2.19. The minimum absolute atomic E-state index is 0.199. The van der Waals surface area contributed by atoms with E-state index < -0.39 is 0 Å². The molecule has 1 saturated carbocycles. The molecular weight excluding hydrogens is 238 g/mol. The van der Waals surface area contributed by atoms with Gasteiger partial charge in [-0.25, -0.2) is 4.68 Å². The Morgan fingerprint density at radius 3 is 2.88 bits per heavy atom. The summed E-state index contributed by atoms with van der Waals surface area (Å²) in [7, 11) is 1.82. The number of hydrogen-bond donors (Lipinski definition) is 1. The van der Waals surface area contributed by atoms with Crippen molar-refractivity contribution >= 4 is 17.5 Å². The Balaban J connectivity index is 2.07. The molecule has 0 aliphatic heterocycles. The van der Waals surface area contributed by atoms with E-state index in [2.05, 4.69) is 20.7 Å². The summed E-state index contributed by atoms with van der Waals surface area (Å²) in [6.45, 7) is 0. The minimum atomic E-state index is 0.199. The third-order valence-electron chi connectivity index (χ3n) is 2.98. The third-order valence-corrected chi connectivity index (χ3v) is 4.33. The molecule has 1 aromatic heterocycles. The smallest absolute Gasteiger partial charge is 0.209 e. The van der Waals surface area contributed by atoms with Crippen LogP contribution < -0.4 is 0 Å². The van der Waals surface area contributed by atoms with Crippen LogP contribution >= 0.6 is 11.8 Å². The molecule has 2 rings (SSSR count). The van der Waals surface area contributed by atoms with Crippen molar-refractivity contribution < 1.29 is 5.21 Å². The van der Waals surface area contributed by atoms with E-state index in [4.69, 9.17) is 5.21 Å². The first-order valence-electron chi connectivity index (χ1n) is 5.91. The SMILES string of the molecule is Cn1nnnc1S[C@H]1CCCCCC/C1=N\O. The van der Waals surface area contributed by atoms with Crippen molar-refractivity contribution in [1.29, 1.82) is 0 Å². The average Bonchev–Trinajstić information content (AvgIpc) is 2.69. The molecule has 17 heavy (non-hydrogen) atoms. The third kappa shape index (κ3) is 3.18. The van der Waals surface area contributed by atoms with Gasteiger partial charge in [0.1, 0.15) is 0 Å². The van der Waals surface area contributed by atoms with E-state index >= 15 is 0 Å². The lowest BCUT2D eigenvalue weighted by molar-refractivity contribution is 0.315. The van der Waals surface area contributed by atoms with Crippen LogP contribution in [0.25, 0.3) is 0 Å². The molecule has 0 spiro atoms. The van der Waals surface area contributed by atoms with Crippen molar-refractivity contribution in [2.75, 3.05) is 0 Å². The first-order valence-corrected chi connectivity index (χ1v) is 6.79. The lowest BCUT2D eigenvalue weighted by atomic mass is 9.99. The Morgan fingerprint density at radius 2 is 2.18 bits per heavy atom. The zero-order chi connectivity index (χ0) is 12.1. The van der Waals surface area contributed by atoms with Crippen LogP contribution in [0.15, 0.2) is 10.3 Å². The molecular formula is C10H17N5OS. The molecule has 1 N–H and O–H groups in total. The molecule has 0 aromatic carbocycles. The maximum absolute atomic E-state index is 9.09. The fraction of sp³-hybridized carbons (Fsp3) is 0.800. The Kier molecular flexibility index (Phi) is 4.36. The summed E-state index contributed by atoms with van der Waals surface area (Å²) in [4.78, 5) is 0. The Hall–Kier alpha value is -1.11. The van der Waals surface area contributed by atoms with Crippen LogP contribution in [0.2, 0.25) is 0 Å². The zero-order valence-corrected chi connectivity index (χ0v) is 10.7. The quantitative estimate of drug-likeness (QED) is 0.644. The van der Waals surface area contributed by atoms with Gasteiger partial charge in [0.2, 0.25) is 5.16 Å². The van der Waals surface area contributed by atoms with E-state index in [0.29, 0.717) is 0 Å². The molecule has 1 aromatic rings. The monoisotopic (exact) mass is 255 g/mol. The van der Waals surface area contributed by atoms with Crippen LogP contribution in [0.3, 0.4) is 0 Å². The number of nitrogens with zero attached hydrogens (tertiary/aromatic N) is 5. The fourth-order valence-electron chi connectivity index (χ4n) is 2.01. The van der Waals surface area contributed by atoms with Crippen LogP contribution in [0.4, 0.5) is 0 Å². The van der Waals surface area contributed by atoms with Gasteiger partial charge in [0.25, 0.3) is 0 Å². The van der Waals surface area contributed by atoms with Gasteiger partial charge in [0.15, 0.2) is 0 Å². The van der Waals surface area contributed by atoms with E-state index in [-0.39, 0.29) is 5.25 Å². The Bertz CT molecular complexity index is 392. The Morgan fingerprint density at radius 1 is 1.35 bits per heavy atom. The molecule has 1 fully saturated rings. The van der Waals surface area contributed by atoms with Gasteiger partial charge in [-0.1, -0.05) is 36.2 Å².